The van der Waals surface area contributed by atoms with Crippen molar-refractivity contribution in [3.63, 3.8) is 0 Å². The topological polar surface area (TPSA) is 63.5 Å². The average molecular weight is 393 g/mol. The minimum atomic E-state index is -0.0636. The summed E-state index contributed by atoms with van der Waals surface area (Å²) in [5.41, 5.74) is 1.07. The number of nitrogens with one attached hydrogen (secondary N) is 2. The van der Waals surface area contributed by atoms with Gasteiger partial charge in [-0.15, -0.1) is 24.0 Å². The van der Waals surface area contributed by atoms with Crippen LogP contribution in [0.15, 0.2) is 17.4 Å². The molecule has 2 rings (SSSR count). The SMILES string of the molecule is CN=C(NCc1cnn(C)c1)NCC1(C)CCCO1.I. The fourth-order valence-corrected chi connectivity index (χ4v) is 2.22. The fraction of sp³-hybridized carbons (Fsp3) is 0.692. The summed E-state index contributed by atoms with van der Waals surface area (Å²) in [5, 5.41) is 10.7. The van der Waals surface area contributed by atoms with E-state index in [9.17, 15) is 0 Å². The summed E-state index contributed by atoms with van der Waals surface area (Å²) in [6.45, 7) is 4.49. The van der Waals surface area contributed by atoms with Gasteiger partial charge in [0.2, 0.25) is 0 Å². The predicted octanol–water partition coefficient (Wildman–Crippen LogP) is 1.27. The highest BCUT2D eigenvalue weighted by molar-refractivity contribution is 14.0. The number of aryl methyl sites for hydroxylation is 1. The van der Waals surface area contributed by atoms with Crippen LogP contribution in [-0.4, -0.2) is 41.5 Å². The Hall–Kier alpha value is -0.830. The van der Waals surface area contributed by atoms with Crippen molar-refractivity contribution in [2.75, 3.05) is 20.2 Å². The number of ether oxygens (including phenoxy) is 1. The molecule has 2 N–H and O–H groups in total. The number of aromatic nitrogens is 2. The Morgan fingerprint density at radius 2 is 2.35 bits per heavy atom. The van der Waals surface area contributed by atoms with E-state index >= 15 is 0 Å². The van der Waals surface area contributed by atoms with Gasteiger partial charge in [0.05, 0.1) is 11.8 Å². The lowest BCUT2D eigenvalue weighted by atomic mass is 10.0. The van der Waals surface area contributed by atoms with Gasteiger partial charge in [0, 0.05) is 45.6 Å². The monoisotopic (exact) mass is 393 g/mol. The first-order valence-corrected chi connectivity index (χ1v) is 6.67. The first kappa shape index (κ1) is 17.2. The van der Waals surface area contributed by atoms with E-state index in [2.05, 4.69) is 27.6 Å². The molecule has 2 heterocycles. The largest absolute Gasteiger partial charge is 0.373 e. The molecule has 0 aliphatic carbocycles. The second-order valence-electron chi connectivity index (χ2n) is 5.20. The van der Waals surface area contributed by atoms with Crippen molar-refractivity contribution in [1.82, 2.24) is 20.4 Å². The van der Waals surface area contributed by atoms with Gasteiger partial charge in [0.25, 0.3) is 0 Å². The van der Waals surface area contributed by atoms with Crippen LogP contribution in [0.1, 0.15) is 25.3 Å². The number of hydrogen-bond donors (Lipinski definition) is 2. The number of aliphatic imine (C=N–C) groups is 1. The van der Waals surface area contributed by atoms with Crippen molar-refractivity contribution >= 4 is 29.9 Å². The van der Waals surface area contributed by atoms with E-state index < -0.39 is 0 Å². The zero-order valence-electron chi connectivity index (χ0n) is 12.3. The Morgan fingerprint density at radius 3 is 2.90 bits per heavy atom. The van der Waals surface area contributed by atoms with Gasteiger partial charge in [-0.1, -0.05) is 0 Å². The lowest BCUT2D eigenvalue weighted by molar-refractivity contribution is 0.0243. The highest BCUT2D eigenvalue weighted by Crippen LogP contribution is 2.23. The average Bonchev–Trinajstić information content (AvgIpc) is 2.99. The summed E-state index contributed by atoms with van der Waals surface area (Å²) in [7, 11) is 3.69. The maximum absolute atomic E-state index is 5.74. The molecular formula is C13H24IN5O. The highest BCUT2D eigenvalue weighted by Gasteiger charge is 2.29. The van der Waals surface area contributed by atoms with Crippen LogP contribution in [-0.2, 0) is 18.3 Å². The Balaban J connectivity index is 0.00000200. The van der Waals surface area contributed by atoms with Crippen molar-refractivity contribution in [3.05, 3.63) is 18.0 Å². The molecule has 20 heavy (non-hydrogen) atoms. The molecule has 1 unspecified atom stereocenters. The minimum Gasteiger partial charge on any atom is -0.373 e. The summed E-state index contributed by atoms with van der Waals surface area (Å²) in [5.74, 6) is 0.792. The van der Waals surface area contributed by atoms with E-state index in [1.54, 1.807) is 11.7 Å². The summed E-state index contributed by atoms with van der Waals surface area (Å²) >= 11 is 0. The number of nitrogens with zero attached hydrogens (tertiary/aromatic N) is 3. The van der Waals surface area contributed by atoms with Crippen molar-refractivity contribution < 1.29 is 4.74 Å². The van der Waals surface area contributed by atoms with Crippen LogP contribution >= 0.6 is 24.0 Å². The Morgan fingerprint density at radius 1 is 1.55 bits per heavy atom. The molecule has 1 saturated heterocycles. The molecular weight excluding hydrogens is 369 g/mol. The molecule has 1 aromatic heterocycles. The van der Waals surface area contributed by atoms with E-state index in [0.29, 0.717) is 6.54 Å². The number of halogens is 1. The lowest BCUT2D eigenvalue weighted by Crippen LogP contribution is -2.45. The normalized spacial score (nSPS) is 22.4. The first-order valence-electron chi connectivity index (χ1n) is 6.67. The van der Waals surface area contributed by atoms with Crippen LogP contribution in [0.5, 0.6) is 0 Å². The second-order valence-corrected chi connectivity index (χ2v) is 5.20. The Kier molecular flexibility index (Phi) is 6.74. The molecule has 1 aliphatic heterocycles. The number of guanidine groups is 1. The third-order valence-corrected chi connectivity index (χ3v) is 3.37. The van der Waals surface area contributed by atoms with E-state index in [4.69, 9.17) is 4.74 Å². The minimum absolute atomic E-state index is 0. The molecule has 0 aromatic carbocycles. The maximum atomic E-state index is 5.74. The van der Waals surface area contributed by atoms with Crippen molar-refractivity contribution in [2.24, 2.45) is 12.0 Å². The predicted molar refractivity (Wildman–Crippen MR) is 90.4 cm³/mol. The van der Waals surface area contributed by atoms with Gasteiger partial charge in [-0.2, -0.15) is 5.10 Å². The molecule has 1 aliphatic rings. The third-order valence-electron chi connectivity index (χ3n) is 3.37. The standard InChI is InChI=1S/C13H23N5O.HI/c1-13(5-4-6-19-13)10-16-12(14-2)15-7-11-8-17-18(3)9-11;/h8-9H,4-7,10H2,1-3H3,(H2,14,15,16);1H. The zero-order chi connectivity index (χ0) is 13.7. The van der Waals surface area contributed by atoms with Gasteiger partial charge in [-0.25, -0.2) is 0 Å². The van der Waals surface area contributed by atoms with Crippen LogP contribution < -0.4 is 10.6 Å². The van der Waals surface area contributed by atoms with Crippen LogP contribution in [0.25, 0.3) is 0 Å². The quantitative estimate of drug-likeness (QED) is 0.460. The Labute approximate surface area is 137 Å². The molecule has 6 nitrogen and oxygen atoms in total. The fourth-order valence-electron chi connectivity index (χ4n) is 2.22. The molecule has 1 aromatic rings. The van der Waals surface area contributed by atoms with Crippen LogP contribution in [0.2, 0.25) is 0 Å². The third kappa shape index (κ3) is 4.93. The van der Waals surface area contributed by atoms with Gasteiger partial charge >= 0.3 is 0 Å². The molecule has 7 heteroatoms. The smallest absolute Gasteiger partial charge is 0.191 e. The molecule has 0 bridgehead atoms. The van der Waals surface area contributed by atoms with Gasteiger partial charge in [-0.3, -0.25) is 9.67 Å². The molecule has 1 atom stereocenters. The zero-order valence-corrected chi connectivity index (χ0v) is 14.7. The molecule has 0 spiro atoms. The molecule has 0 amide bonds. The van der Waals surface area contributed by atoms with E-state index in [1.165, 1.54) is 0 Å². The summed E-state index contributed by atoms with van der Waals surface area (Å²) < 4.78 is 7.54. The summed E-state index contributed by atoms with van der Waals surface area (Å²) in [6, 6.07) is 0. The van der Waals surface area contributed by atoms with Crippen molar-refractivity contribution in [2.45, 2.75) is 31.9 Å². The van der Waals surface area contributed by atoms with Crippen LogP contribution in [0, 0.1) is 0 Å². The van der Waals surface area contributed by atoms with E-state index in [0.717, 1.165) is 37.5 Å². The highest BCUT2D eigenvalue weighted by atomic mass is 127. The molecule has 0 radical (unpaired) electrons. The summed E-state index contributed by atoms with van der Waals surface area (Å²) in [4.78, 5) is 4.21. The molecule has 114 valence electrons. The number of rotatable bonds is 4. The van der Waals surface area contributed by atoms with Gasteiger partial charge in [0.1, 0.15) is 0 Å². The molecule has 0 saturated carbocycles. The second kappa shape index (κ2) is 7.82. The van der Waals surface area contributed by atoms with Gasteiger partial charge in [0.15, 0.2) is 5.96 Å². The lowest BCUT2D eigenvalue weighted by Gasteiger charge is -2.24. The van der Waals surface area contributed by atoms with Crippen molar-refractivity contribution in [3.8, 4) is 0 Å². The van der Waals surface area contributed by atoms with Gasteiger partial charge < -0.3 is 15.4 Å². The summed E-state index contributed by atoms with van der Waals surface area (Å²) in [6.07, 6.45) is 6.07. The van der Waals surface area contributed by atoms with Gasteiger partial charge in [-0.05, 0) is 19.8 Å². The Bertz CT molecular complexity index is 440. The van der Waals surface area contributed by atoms with Crippen LogP contribution in [0.3, 0.4) is 0 Å². The van der Waals surface area contributed by atoms with Crippen molar-refractivity contribution in [1.29, 1.82) is 0 Å². The first-order chi connectivity index (χ1) is 9.11. The van der Waals surface area contributed by atoms with E-state index in [-0.39, 0.29) is 29.6 Å². The number of hydrogen-bond acceptors (Lipinski definition) is 3. The van der Waals surface area contributed by atoms with E-state index in [1.807, 2.05) is 19.4 Å². The maximum Gasteiger partial charge on any atom is 0.191 e. The molecule has 1 fully saturated rings. The van der Waals surface area contributed by atoms with Crippen LogP contribution in [0.4, 0.5) is 0 Å².